The Morgan fingerprint density at radius 1 is 0.871 bits per heavy atom. The third kappa shape index (κ3) is 15.3. The fourth-order valence-electron chi connectivity index (χ4n) is 9.13. The lowest BCUT2D eigenvalue weighted by Gasteiger charge is -2.41. The predicted octanol–water partition coefficient (Wildman–Crippen LogP) is 2.27. The summed E-state index contributed by atoms with van der Waals surface area (Å²) in [5.41, 5.74) is 1.21. The highest BCUT2D eigenvalue weighted by atomic mass is 16.5. The summed E-state index contributed by atoms with van der Waals surface area (Å²) in [6, 6.07) is -2.73. The number of aliphatic hydroxyl groups excluding tert-OH is 4. The second-order valence-electron chi connectivity index (χ2n) is 18.4. The van der Waals surface area contributed by atoms with Crippen molar-refractivity contribution in [3.63, 3.8) is 0 Å². The number of ether oxygens (including phenoxy) is 3. The molecule has 6 N–H and O–H groups in total. The second kappa shape index (κ2) is 26.7. The van der Waals surface area contributed by atoms with Crippen molar-refractivity contribution in [2.45, 2.75) is 167 Å². The van der Waals surface area contributed by atoms with Crippen molar-refractivity contribution in [1.82, 2.24) is 25.3 Å². The number of carbonyl (C=O) groups excluding carboxylic acids is 4. The number of hydrogen-bond donors (Lipinski definition) is 6. The third-order valence-electron chi connectivity index (χ3n) is 12.8. The van der Waals surface area contributed by atoms with Gasteiger partial charge in [-0.15, -0.1) is 0 Å². The van der Waals surface area contributed by atoms with Gasteiger partial charge in [0.05, 0.1) is 55.4 Å². The van der Waals surface area contributed by atoms with Gasteiger partial charge in [0, 0.05) is 47.5 Å². The molecule has 2 rings (SSSR count). The molecule has 16 nitrogen and oxygen atoms in total. The number of amides is 4. The van der Waals surface area contributed by atoms with Crippen LogP contribution in [0.1, 0.15) is 100 Å². The highest BCUT2D eigenvalue weighted by Gasteiger charge is 2.43. The monoisotopic (exact) mass is 882 g/mol. The summed E-state index contributed by atoms with van der Waals surface area (Å²) in [5, 5.41) is 47.8. The van der Waals surface area contributed by atoms with Crippen molar-refractivity contribution in [3.8, 4) is 0 Å². The number of aliphatic hydroxyl groups is 4. The number of likely N-dealkylation sites (N-methyl/N-ethyl adjacent to an activating group) is 2. The van der Waals surface area contributed by atoms with E-state index in [2.05, 4.69) is 28.9 Å². The molecule has 13 unspecified atom stereocenters. The lowest BCUT2D eigenvalue weighted by Crippen LogP contribution is -2.60. The molecule has 13 atom stereocenters. The summed E-state index contributed by atoms with van der Waals surface area (Å²) in [7, 11) is 7.71. The van der Waals surface area contributed by atoms with E-state index in [4.69, 9.17) is 14.2 Å². The van der Waals surface area contributed by atoms with Crippen LogP contribution >= 0.6 is 0 Å². The lowest BCUT2D eigenvalue weighted by atomic mass is 9.89. The minimum atomic E-state index is -1.72. The van der Waals surface area contributed by atoms with E-state index in [0.29, 0.717) is 19.4 Å². The number of hydrogen-bond acceptors (Lipinski definition) is 12. The van der Waals surface area contributed by atoms with E-state index in [-0.39, 0.29) is 67.1 Å². The molecule has 358 valence electrons. The van der Waals surface area contributed by atoms with Crippen molar-refractivity contribution in [3.05, 3.63) is 23.8 Å². The quantitative estimate of drug-likeness (QED) is 0.0703. The lowest BCUT2D eigenvalue weighted by molar-refractivity contribution is -0.148. The highest BCUT2D eigenvalue weighted by Crippen LogP contribution is 2.30. The maximum Gasteiger partial charge on any atom is 0.245 e. The van der Waals surface area contributed by atoms with Gasteiger partial charge in [-0.3, -0.25) is 24.1 Å². The van der Waals surface area contributed by atoms with Crippen molar-refractivity contribution >= 4 is 23.6 Å². The average molecular weight is 882 g/mol. The number of allylic oxidation sites excluding steroid dienone is 3. The van der Waals surface area contributed by atoms with Gasteiger partial charge >= 0.3 is 0 Å². The Labute approximate surface area is 371 Å². The Kier molecular flexibility index (Phi) is 23.8. The molecule has 62 heavy (non-hydrogen) atoms. The van der Waals surface area contributed by atoms with E-state index >= 15 is 0 Å². The summed E-state index contributed by atoms with van der Waals surface area (Å²) < 4.78 is 16.9. The van der Waals surface area contributed by atoms with E-state index in [1.807, 2.05) is 55.4 Å². The molecule has 1 aliphatic heterocycles. The summed E-state index contributed by atoms with van der Waals surface area (Å²) in [6.07, 6.45) is 3.77. The number of nitrogens with zero attached hydrogens (tertiary/aromatic N) is 3. The second-order valence-corrected chi connectivity index (χ2v) is 18.4. The minimum absolute atomic E-state index is 0.0133. The van der Waals surface area contributed by atoms with Crippen LogP contribution in [0.5, 0.6) is 0 Å². The maximum absolute atomic E-state index is 14.5. The minimum Gasteiger partial charge on any atom is -0.389 e. The fraction of sp³-hybridized carbons (Fsp3) is 0.826. The van der Waals surface area contributed by atoms with Gasteiger partial charge in [0.2, 0.25) is 23.6 Å². The van der Waals surface area contributed by atoms with Crippen LogP contribution in [-0.4, -0.2) is 181 Å². The van der Waals surface area contributed by atoms with Crippen LogP contribution in [0.15, 0.2) is 23.8 Å². The normalized spacial score (nSPS) is 21.6. The number of methoxy groups -OCH3 is 3. The van der Waals surface area contributed by atoms with E-state index in [9.17, 15) is 39.6 Å². The first kappa shape index (κ1) is 55.2. The number of rotatable bonds is 27. The molecule has 1 heterocycles. The van der Waals surface area contributed by atoms with Crippen molar-refractivity contribution in [2.24, 2.45) is 23.7 Å². The Morgan fingerprint density at radius 3 is 2.05 bits per heavy atom. The zero-order chi connectivity index (χ0) is 47.0. The molecule has 0 saturated carbocycles. The Morgan fingerprint density at radius 2 is 1.52 bits per heavy atom. The molecule has 0 aromatic carbocycles. The van der Waals surface area contributed by atoms with Gasteiger partial charge in [0.1, 0.15) is 24.4 Å². The smallest absolute Gasteiger partial charge is 0.245 e. The zero-order valence-corrected chi connectivity index (χ0v) is 40.0. The van der Waals surface area contributed by atoms with Gasteiger partial charge < -0.3 is 55.1 Å². The third-order valence-corrected chi connectivity index (χ3v) is 12.8. The van der Waals surface area contributed by atoms with Gasteiger partial charge in [-0.05, 0) is 63.8 Å². The summed E-state index contributed by atoms with van der Waals surface area (Å²) in [6.45, 7) is 15.2. The largest absolute Gasteiger partial charge is 0.389 e. The van der Waals surface area contributed by atoms with Crippen molar-refractivity contribution < 1.29 is 53.8 Å². The van der Waals surface area contributed by atoms with E-state index < -0.39 is 66.6 Å². The van der Waals surface area contributed by atoms with E-state index in [1.54, 1.807) is 35.9 Å². The van der Waals surface area contributed by atoms with Crippen molar-refractivity contribution in [1.29, 1.82) is 0 Å². The molecule has 0 radical (unpaired) electrons. The molecule has 0 spiro atoms. The van der Waals surface area contributed by atoms with Crippen LogP contribution in [0.25, 0.3) is 0 Å². The number of carbonyl (C=O) groups is 4. The molecule has 1 saturated heterocycles. The topological polar surface area (TPSA) is 211 Å². The molecular weight excluding hydrogens is 799 g/mol. The average Bonchev–Trinajstić information content (AvgIpc) is 3.71. The summed E-state index contributed by atoms with van der Waals surface area (Å²) >= 11 is 0. The van der Waals surface area contributed by atoms with Crippen molar-refractivity contribution in [2.75, 3.05) is 55.1 Å². The molecule has 4 amide bonds. The standard InChI is InChI=1S/C46H83N5O11/c1-14-29(6)40(50(10)46(59)38(27(2)3)48-45(58)39(28(4)5)49(9)25-34(52)41(55)42(56)35(53)26-60-11)36(61-12)24-37(54)51-22-18-21-33(51)43(62-13)31(8)44(57)47-30(7)23-32-19-16-15-17-20-32/h16,19-20,27-31,33-36,38-43,52-53,55-56H,14-15,17-18,21-26H2,1-13H3,(H,47,57)(H,48,58). The van der Waals surface area contributed by atoms with E-state index in [1.165, 1.54) is 19.8 Å². The first-order valence-electron chi connectivity index (χ1n) is 22.7. The highest BCUT2D eigenvalue weighted by molar-refractivity contribution is 5.90. The SMILES string of the molecule is CCC(C)C(C(CC(=O)N1CCCC1C(OC)C(C)C(=O)NC(C)CC1=CCCC=C1)OC)N(C)C(=O)C(NC(=O)C(C(C)C)N(C)CC(O)C(O)C(O)C(O)COC)C(C)C. The van der Waals surface area contributed by atoms with Crippen LogP contribution < -0.4 is 10.6 Å². The summed E-state index contributed by atoms with van der Waals surface area (Å²) in [4.78, 5) is 61.3. The summed E-state index contributed by atoms with van der Waals surface area (Å²) in [5.74, 6) is -2.35. The first-order valence-corrected chi connectivity index (χ1v) is 22.7. The Hall–Kier alpha value is -2.96. The molecule has 0 aromatic rings. The predicted molar refractivity (Wildman–Crippen MR) is 239 cm³/mol. The van der Waals surface area contributed by atoms with Crippen LogP contribution in [-0.2, 0) is 33.4 Å². The van der Waals surface area contributed by atoms with Gasteiger partial charge in [0.15, 0.2) is 0 Å². The first-order chi connectivity index (χ1) is 29.2. The Balaban J connectivity index is 2.24. The molecule has 0 bridgehead atoms. The van der Waals surface area contributed by atoms with Gasteiger partial charge in [-0.2, -0.15) is 0 Å². The molecule has 0 aromatic heterocycles. The van der Waals surface area contributed by atoms with Crippen LogP contribution in [0.4, 0.5) is 0 Å². The molecule has 1 fully saturated rings. The number of likely N-dealkylation sites (tertiary alicyclic amines) is 1. The van der Waals surface area contributed by atoms with Crippen LogP contribution in [0, 0.1) is 23.7 Å². The van der Waals surface area contributed by atoms with E-state index in [0.717, 1.165) is 25.7 Å². The molecule has 16 heteroatoms. The Bertz CT molecular complexity index is 1460. The van der Waals surface area contributed by atoms with Crippen LogP contribution in [0.3, 0.4) is 0 Å². The fourth-order valence-corrected chi connectivity index (χ4v) is 9.13. The van der Waals surface area contributed by atoms with Gasteiger partial charge in [-0.25, -0.2) is 0 Å². The molecular formula is C46H83N5O11. The van der Waals surface area contributed by atoms with Gasteiger partial charge in [0.25, 0.3) is 0 Å². The zero-order valence-electron chi connectivity index (χ0n) is 40.0. The molecule has 1 aliphatic carbocycles. The number of nitrogens with one attached hydrogen (secondary N) is 2. The maximum atomic E-state index is 14.5. The molecule has 2 aliphatic rings. The van der Waals surface area contributed by atoms with Gasteiger partial charge in [-0.1, -0.05) is 78.7 Å². The van der Waals surface area contributed by atoms with Crippen LogP contribution in [0.2, 0.25) is 0 Å².